The number of esters is 1. The van der Waals surface area contributed by atoms with Gasteiger partial charge in [-0.15, -0.1) is 5.10 Å². The third-order valence-corrected chi connectivity index (χ3v) is 2.15. The topological polar surface area (TPSA) is 64.4 Å². The number of ether oxygens (including phenoxy) is 1. The molecule has 0 saturated heterocycles. The zero-order valence-electron chi connectivity index (χ0n) is 10.1. The van der Waals surface area contributed by atoms with Crippen molar-refractivity contribution in [3.63, 3.8) is 0 Å². The normalized spacial score (nSPS) is 11.5. The number of hydrogen-bond acceptors (Lipinski definition) is 4. The summed E-state index contributed by atoms with van der Waals surface area (Å²) in [6.45, 7) is 1.48. The van der Waals surface area contributed by atoms with Crippen LogP contribution < -0.4 is 0 Å². The lowest BCUT2D eigenvalue weighted by Gasteiger charge is -2.23. The molecule has 1 aromatic rings. The van der Waals surface area contributed by atoms with Crippen LogP contribution in [0.2, 0.25) is 0 Å². The smallest absolute Gasteiger partial charge is 0.345 e. The van der Waals surface area contributed by atoms with E-state index in [0.29, 0.717) is 6.54 Å². The molecule has 0 aliphatic heterocycles. The second-order valence-corrected chi connectivity index (χ2v) is 4.63. The van der Waals surface area contributed by atoms with Gasteiger partial charge in [0.1, 0.15) is 5.56 Å². The minimum Gasteiger partial charge on any atom is -0.492 e. The highest BCUT2D eigenvalue weighted by atomic mass is 16.5. The standard InChI is InChI=1S/C10H17N3O3/c1-13(2,3)6-5-12-7-8(9(14)11-12)10(15)16-4/h7H,5-6H2,1-4H3/p+1. The lowest BCUT2D eigenvalue weighted by molar-refractivity contribution is -0.871. The van der Waals surface area contributed by atoms with Gasteiger partial charge in [-0.05, 0) is 0 Å². The number of rotatable bonds is 4. The van der Waals surface area contributed by atoms with Crippen molar-refractivity contribution in [1.29, 1.82) is 0 Å². The Hall–Kier alpha value is -1.56. The molecule has 6 nitrogen and oxygen atoms in total. The highest BCUT2D eigenvalue weighted by Gasteiger charge is 2.17. The first-order valence-corrected chi connectivity index (χ1v) is 4.98. The van der Waals surface area contributed by atoms with E-state index in [2.05, 4.69) is 31.0 Å². The Balaban J connectivity index is 2.74. The molecule has 0 saturated carbocycles. The lowest BCUT2D eigenvalue weighted by Crippen LogP contribution is -2.37. The molecule has 0 radical (unpaired) electrons. The van der Waals surface area contributed by atoms with Crippen molar-refractivity contribution in [3.8, 4) is 5.88 Å². The summed E-state index contributed by atoms with van der Waals surface area (Å²) in [5.41, 5.74) is 0.101. The summed E-state index contributed by atoms with van der Waals surface area (Å²) in [7, 11) is 7.45. The number of nitrogens with zero attached hydrogens (tertiary/aromatic N) is 3. The highest BCUT2D eigenvalue weighted by molar-refractivity contribution is 5.91. The maximum absolute atomic E-state index is 11.2. The van der Waals surface area contributed by atoms with E-state index in [1.807, 2.05) is 0 Å². The fraction of sp³-hybridized carbons (Fsp3) is 0.600. The average molecular weight is 228 g/mol. The van der Waals surface area contributed by atoms with Crippen LogP contribution in [-0.4, -0.2) is 60.1 Å². The molecule has 1 N–H and O–H groups in total. The molecule has 1 aromatic heterocycles. The summed E-state index contributed by atoms with van der Waals surface area (Å²) in [5.74, 6) is -0.859. The van der Waals surface area contributed by atoms with Gasteiger partial charge in [-0.25, -0.2) is 4.79 Å². The Morgan fingerprint density at radius 3 is 2.69 bits per heavy atom. The van der Waals surface area contributed by atoms with E-state index in [1.54, 1.807) is 4.68 Å². The fourth-order valence-electron chi connectivity index (χ4n) is 1.18. The van der Waals surface area contributed by atoms with Crippen LogP contribution in [0.25, 0.3) is 0 Å². The zero-order valence-corrected chi connectivity index (χ0v) is 10.1. The summed E-state index contributed by atoms with van der Waals surface area (Å²) in [6.07, 6.45) is 1.50. The Morgan fingerprint density at radius 2 is 2.19 bits per heavy atom. The first-order valence-electron chi connectivity index (χ1n) is 4.98. The molecule has 0 amide bonds. The first kappa shape index (κ1) is 12.5. The van der Waals surface area contributed by atoms with Crippen molar-refractivity contribution < 1.29 is 19.1 Å². The van der Waals surface area contributed by atoms with Crippen LogP contribution in [0.15, 0.2) is 6.20 Å². The average Bonchev–Trinajstić information content (AvgIpc) is 2.55. The van der Waals surface area contributed by atoms with Gasteiger partial charge in [-0.2, -0.15) is 0 Å². The van der Waals surface area contributed by atoms with Gasteiger partial charge in [0.25, 0.3) is 0 Å². The quantitative estimate of drug-likeness (QED) is 0.585. The van der Waals surface area contributed by atoms with E-state index < -0.39 is 5.97 Å². The molecular weight excluding hydrogens is 210 g/mol. The van der Waals surface area contributed by atoms with Crippen LogP contribution in [0.5, 0.6) is 5.88 Å². The first-order chi connectivity index (χ1) is 7.33. The Morgan fingerprint density at radius 1 is 1.56 bits per heavy atom. The maximum atomic E-state index is 11.2. The predicted molar refractivity (Wildman–Crippen MR) is 58.1 cm³/mol. The van der Waals surface area contributed by atoms with E-state index >= 15 is 0 Å². The van der Waals surface area contributed by atoms with Gasteiger partial charge in [0.05, 0.1) is 41.3 Å². The van der Waals surface area contributed by atoms with Gasteiger partial charge < -0.3 is 14.3 Å². The van der Waals surface area contributed by atoms with Crippen LogP contribution in [0.1, 0.15) is 10.4 Å². The number of likely N-dealkylation sites (N-methyl/N-ethyl adjacent to an activating group) is 1. The van der Waals surface area contributed by atoms with Gasteiger partial charge in [0.2, 0.25) is 5.88 Å². The van der Waals surface area contributed by atoms with Gasteiger partial charge in [-0.3, -0.25) is 4.68 Å². The van der Waals surface area contributed by atoms with E-state index in [1.165, 1.54) is 13.3 Å². The molecule has 0 spiro atoms. The second-order valence-electron chi connectivity index (χ2n) is 4.63. The number of aromatic nitrogens is 2. The lowest BCUT2D eigenvalue weighted by atomic mass is 10.3. The van der Waals surface area contributed by atoms with Crippen LogP contribution in [0.4, 0.5) is 0 Å². The summed E-state index contributed by atoms with van der Waals surface area (Å²) >= 11 is 0. The molecule has 1 heterocycles. The molecule has 0 aromatic carbocycles. The Kier molecular flexibility index (Phi) is 3.54. The summed E-state index contributed by atoms with van der Waals surface area (Å²) in [5, 5.41) is 13.3. The minimum atomic E-state index is -0.575. The van der Waals surface area contributed by atoms with Gasteiger partial charge in [-0.1, -0.05) is 0 Å². The number of hydrogen-bond donors (Lipinski definition) is 1. The predicted octanol–water partition coefficient (Wildman–Crippen LogP) is 0.0815. The van der Waals surface area contributed by atoms with Crippen molar-refractivity contribution in [2.45, 2.75) is 6.54 Å². The molecule has 0 unspecified atom stereocenters. The van der Waals surface area contributed by atoms with Gasteiger partial charge >= 0.3 is 5.97 Å². The summed E-state index contributed by atoms with van der Waals surface area (Å²) in [6, 6.07) is 0. The van der Waals surface area contributed by atoms with Gasteiger partial charge in [0, 0.05) is 6.20 Å². The third-order valence-electron chi connectivity index (χ3n) is 2.15. The van der Waals surface area contributed by atoms with E-state index in [9.17, 15) is 9.90 Å². The molecule has 16 heavy (non-hydrogen) atoms. The molecule has 6 heteroatoms. The van der Waals surface area contributed by atoms with E-state index in [0.717, 1.165) is 11.0 Å². The number of quaternary nitrogens is 1. The molecule has 0 atom stereocenters. The van der Waals surface area contributed by atoms with Crippen molar-refractivity contribution in [2.24, 2.45) is 0 Å². The van der Waals surface area contributed by atoms with Crippen LogP contribution in [0.3, 0.4) is 0 Å². The van der Waals surface area contributed by atoms with Crippen molar-refractivity contribution in [3.05, 3.63) is 11.8 Å². The molecule has 1 rings (SSSR count). The van der Waals surface area contributed by atoms with Crippen molar-refractivity contribution in [2.75, 3.05) is 34.8 Å². The van der Waals surface area contributed by atoms with Crippen LogP contribution in [-0.2, 0) is 11.3 Å². The van der Waals surface area contributed by atoms with Crippen LogP contribution in [0, 0.1) is 0 Å². The highest BCUT2D eigenvalue weighted by Crippen LogP contribution is 2.14. The van der Waals surface area contributed by atoms with E-state index in [4.69, 9.17) is 0 Å². The Labute approximate surface area is 94.6 Å². The second kappa shape index (κ2) is 4.52. The van der Waals surface area contributed by atoms with E-state index in [-0.39, 0.29) is 11.4 Å². The molecule has 0 aliphatic carbocycles. The molecule has 0 bridgehead atoms. The fourth-order valence-corrected chi connectivity index (χ4v) is 1.18. The number of aromatic hydroxyl groups is 1. The van der Waals surface area contributed by atoms with Crippen molar-refractivity contribution >= 4 is 5.97 Å². The zero-order chi connectivity index (χ0) is 12.3. The minimum absolute atomic E-state index is 0.101. The van der Waals surface area contributed by atoms with Gasteiger partial charge in [0.15, 0.2) is 0 Å². The molecule has 90 valence electrons. The Bertz CT molecular complexity index is 379. The summed E-state index contributed by atoms with van der Waals surface area (Å²) < 4.78 is 6.85. The largest absolute Gasteiger partial charge is 0.492 e. The summed E-state index contributed by atoms with van der Waals surface area (Å²) in [4.78, 5) is 11.2. The molecule has 0 fully saturated rings. The number of methoxy groups -OCH3 is 1. The third kappa shape index (κ3) is 3.23. The monoisotopic (exact) mass is 228 g/mol. The maximum Gasteiger partial charge on any atom is 0.345 e. The molecule has 0 aliphatic rings. The SMILES string of the molecule is COC(=O)c1cn(CC[N+](C)(C)C)nc1O. The molecular formula is C10H18N3O3+. The van der Waals surface area contributed by atoms with Crippen LogP contribution >= 0.6 is 0 Å². The van der Waals surface area contributed by atoms with Crippen molar-refractivity contribution in [1.82, 2.24) is 9.78 Å². The number of carbonyl (C=O) groups is 1. The number of carbonyl (C=O) groups excluding carboxylic acids is 1.